The predicted molar refractivity (Wildman–Crippen MR) is 92.4 cm³/mol. The maximum atomic E-state index is 12.0. The van der Waals surface area contributed by atoms with Gasteiger partial charge in [0, 0.05) is 58.0 Å². The molecule has 0 spiro atoms. The summed E-state index contributed by atoms with van der Waals surface area (Å²) >= 11 is 0. The zero-order valence-corrected chi connectivity index (χ0v) is 14.6. The van der Waals surface area contributed by atoms with Crippen molar-refractivity contribution in [3.8, 4) is 11.4 Å². The highest BCUT2D eigenvalue weighted by Gasteiger charge is 2.30. The molecular weight excluding hydrogens is 320 g/mol. The molecule has 0 aromatic carbocycles. The van der Waals surface area contributed by atoms with Gasteiger partial charge in [0.05, 0.1) is 0 Å². The van der Waals surface area contributed by atoms with Gasteiger partial charge in [-0.1, -0.05) is 5.16 Å². The average molecular weight is 342 g/mol. The van der Waals surface area contributed by atoms with E-state index in [1.807, 2.05) is 17.0 Å². The summed E-state index contributed by atoms with van der Waals surface area (Å²) in [5.41, 5.74) is 0.862. The Morgan fingerprint density at radius 2 is 1.96 bits per heavy atom. The van der Waals surface area contributed by atoms with E-state index in [-0.39, 0.29) is 6.03 Å². The summed E-state index contributed by atoms with van der Waals surface area (Å²) in [6.45, 7) is 2.96. The number of rotatable bonds is 3. The number of nitrogens with zero attached hydrogens (tertiary/aromatic N) is 6. The molecule has 1 saturated carbocycles. The molecule has 3 heterocycles. The lowest BCUT2D eigenvalue weighted by molar-refractivity contribution is 0.168. The molecule has 0 radical (unpaired) electrons. The van der Waals surface area contributed by atoms with Crippen molar-refractivity contribution < 1.29 is 9.32 Å². The normalized spacial score (nSPS) is 17.7. The van der Waals surface area contributed by atoms with E-state index >= 15 is 0 Å². The van der Waals surface area contributed by atoms with Crippen molar-refractivity contribution in [2.75, 3.05) is 45.2 Å². The highest BCUT2D eigenvalue weighted by Crippen LogP contribution is 2.39. The molecule has 2 aromatic heterocycles. The Kier molecular flexibility index (Phi) is 4.03. The van der Waals surface area contributed by atoms with Crippen molar-refractivity contribution in [2.24, 2.45) is 0 Å². The van der Waals surface area contributed by atoms with E-state index in [1.54, 1.807) is 25.2 Å². The van der Waals surface area contributed by atoms with Gasteiger partial charge in [0.25, 0.3) is 0 Å². The molecule has 2 amide bonds. The molecule has 0 unspecified atom stereocenters. The van der Waals surface area contributed by atoms with Crippen LogP contribution in [0.25, 0.3) is 11.4 Å². The fourth-order valence-corrected chi connectivity index (χ4v) is 2.96. The summed E-state index contributed by atoms with van der Waals surface area (Å²) < 4.78 is 5.30. The number of hydrogen-bond acceptors (Lipinski definition) is 6. The number of piperazine rings is 1. The highest BCUT2D eigenvalue weighted by atomic mass is 16.5. The van der Waals surface area contributed by atoms with Gasteiger partial charge in [0.1, 0.15) is 5.82 Å². The van der Waals surface area contributed by atoms with Crippen LogP contribution in [0.15, 0.2) is 22.9 Å². The van der Waals surface area contributed by atoms with E-state index < -0.39 is 0 Å². The fraction of sp³-hybridized carbons (Fsp3) is 0.529. The molecular formula is C17H22N6O2. The Balaban J connectivity index is 1.39. The van der Waals surface area contributed by atoms with E-state index in [9.17, 15) is 4.79 Å². The van der Waals surface area contributed by atoms with Crippen LogP contribution in [0.3, 0.4) is 0 Å². The van der Waals surface area contributed by atoms with Crippen LogP contribution in [-0.4, -0.2) is 71.2 Å². The second-order valence-corrected chi connectivity index (χ2v) is 6.79. The smallest absolute Gasteiger partial charge is 0.319 e. The second-order valence-electron chi connectivity index (χ2n) is 6.79. The van der Waals surface area contributed by atoms with E-state index in [0.29, 0.717) is 24.8 Å². The van der Waals surface area contributed by atoms with Gasteiger partial charge in [0.15, 0.2) is 0 Å². The molecule has 4 rings (SSSR count). The molecule has 8 heteroatoms. The minimum atomic E-state index is 0.0616. The SMILES string of the molecule is CN(C)C(=O)N1CCN(c2ccc(-c3noc(C4CC4)n3)cn2)CC1. The first kappa shape index (κ1) is 15.9. The number of hydrogen-bond donors (Lipinski definition) is 0. The summed E-state index contributed by atoms with van der Waals surface area (Å²) in [7, 11) is 3.56. The first-order valence-corrected chi connectivity index (χ1v) is 8.63. The third kappa shape index (κ3) is 3.29. The maximum absolute atomic E-state index is 12.0. The van der Waals surface area contributed by atoms with Gasteiger partial charge in [-0.2, -0.15) is 4.98 Å². The number of carbonyl (C=O) groups is 1. The summed E-state index contributed by atoms with van der Waals surface area (Å²) in [4.78, 5) is 26.7. The van der Waals surface area contributed by atoms with Crippen molar-refractivity contribution in [2.45, 2.75) is 18.8 Å². The number of urea groups is 1. The molecule has 8 nitrogen and oxygen atoms in total. The predicted octanol–water partition coefficient (Wildman–Crippen LogP) is 1.81. The lowest BCUT2D eigenvalue weighted by Crippen LogP contribution is -2.51. The van der Waals surface area contributed by atoms with Crippen LogP contribution in [-0.2, 0) is 0 Å². The number of amides is 2. The Labute approximate surface area is 146 Å². The minimum absolute atomic E-state index is 0.0616. The number of pyridine rings is 1. The molecule has 1 aliphatic heterocycles. The third-order valence-corrected chi connectivity index (χ3v) is 4.63. The van der Waals surface area contributed by atoms with Crippen LogP contribution in [0.4, 0.5) is 10.6 Å². The van der Waals surface area contributed by atoms with Crippen LogP contribution in [0.5, 0.6) is 0 Å². The van der Waals surface area contributed by atoms with Crippen LogP contribution in [0.1, 0.15) is 24.7 Å². The zero-order chi connectivity index (χ0) is 17.4. The fourth-order valence-electron chi connectivity index (χ4n) is 2.96. The van der Waals surface area contributed by atoms with Crippen LogP contribution < -0.4 is 4.90 Å². The molecule has 132 valence electrons. The van der Waals surface area contributed by atoms with Crippen molar-refractivity contribution >= 4 is 11.8 Å². The summed E-state index contributed by atoms with van der Waals surface area (Å²) in [5.74, 6) is 2.70. The Morgan fingerprint density at radius 1 is 1.20 bits per heavy atom. The van der Waals surface area contributed by atoms with E-state index in [2.05, 4.69) is 20.0 Å². The zero-order valence-electron chi connectivity index (χ0n) is 14.6. The Hall–Kier alpha value is -2.64. The van der Waals surface area contributed by atoms with Gasteiger partial charge < -0.3 is 19.2 Å². The molecule has 2 aromatic rings. The van der Waals surface area contributed by atoms with E-state index in [1.165, 1.54) is 0 Å². The largest absolute Gasteiger partial charge is 0.353 e. The summed E-state index contributed by atoms with van der Waals surface area (Å²) in [6, 6.07) is 4.01. The monoisotopic (exact) mass is 342 g/mol. The topological polar surface area (TPSA) is 78.6 Å². The molecule has 0 N–H and O–H groups in total. The van der Waals surface area contributed by atoms with E-state index in [4.69, 9.17) is 4.52 Å². The Bertz CT molecular complexity index is 745. The average Bonchev–Trinajstić information content (AvgIpc) is 3.38. The molecule has 25 heavy (non-hydrogen) atoms. The summed E-state index contributed by atoms with van der Waals surface area (Å²) in [6.07, 6.45) is 4.07. The first-order valence-electron chi connectivity index (χ1n) is 8.63. The van der Waals surface area contributed by atoms with Crippen LogP contribution in [0, 0.1) is 0 Å². The number of aromatic nitrogens is 3. The van der Waals surface area contributed by atoms with Gasteiger partial charge in [-0.3, -0.25) is 0 Å². The number of anilines is 1. The molecule has 0 bridgehead atoms. The maximum Gasteiger partial charge on any atom is 0.319 e. The molecule has 0 atom stereocenters. The van der Waals surface area contributed by atoms with Gasteiger partial charge in [-0.05, 0) is 25.0 Å². The lowest BCUT2D eigenvalue weighted by atomic mass is 10.2. The van der Waals surface area contributed by atoms with Gasteiger partial charge in [0.2, 0.25) is 11.7 Å². The van der Waals surface area contributed by atoms with Crippen molar-refractivity contribution in [3.63, 3.8) is 0 Å². The molecule has 2 fully saturated rings. The molecule has 2 aliphatic rings. The Morgan fingerprint density at radius 3 is 2.56 bits per heavy atom. The van der Waals surface area contributed by atoms with Crippen LogP contribution in [0.2, 0.25) is 0 Å². The van der Waals surface area contributed by atoms with Gasteiger partial charge >= 0.3 is 6.03 Å². The first-order chi connectivity index (χ1) is 12.1. The van der Waals surface area contributed by atoms with E-state index in [0.717, 1.165) is 43.2 Å². The number of carbonyl (C=O) groups excluding carboxylic acids is 1. The molecule has 1 saturated heterocycles. The second kappa shape index (κ2) is 6.34. The quantitative estimate of drug-likeness (QED) is 0.846. The van der Waals surface area contributed by atoms with Crippen molar-refractivity contribution in [1.29, 1.82) is 0 Å². The van der Waals surface area contributed by atoms with Crippen LogP contribution >= 0.6 is 0 Å². The highest BCUT2D eigenvalue weighted by molar-refractivity contribution is 5.74. The van der Waals surface area contributed by atoms with Gasteiger partial charge in [-0.25, -0.2) is 9.78 Å². The third-order valence-electron chi connectivity index (χ3n) is 4.63. The van der Waals surface area contributed by atoms with Crippen molar-refractivity contribution in [3.05, 3.63) is 24.2 Å². The standard InChI is InChI=1S/C17H22N6O2/c1-21(2)17(24)23-9-7-22(8-10-23)14-6-5-13(11-18-14)15-19-16(25-20-15)12-3-4-12/h5-6,11-12H,3-4,7-10H2,1-2H3. The van der Waals surface area contributed by atoms with Crippen molar-refractivity contribution in [1.82, 2.24) is 24.9 Å². The van der Waals surface area contributed by atoms with Gasteiger partial charge in [-0.15, -0.1) is 0 Å². The molecule has 1 aliphatic carbocycles. The summed E-state index contributed by atoms with van der Waals surface area (Å²) in [5, 5.41) is 4.05. The lowest BCUT2D eigenvalue weighted by Gasteiger charge is -2.36. The minimum Gasteiger partial charge on any atom is -0.353 e.